The first-order valence-corrected chi connectivity index (χ1v) is 7.68. The number of ether oxygens (including phenoxy) is 1. The predicted molar refractivity (Wildman–Crippen MR) is 87.6 cm³/mol. The minimum absolute atomic E-state index is 0.298. The molecule has 114 valence electrons. The van der Waals surface area contributed by atoms with Crippen LogP contribution in [0.4, 0.5) is 5.82 Å². The van der Waals surface area contributed by atoms with Crippen molar-refractivity contribution in [2.75, 3.05) is 12.3 Å². The van der Waals surface area contributed by atoms with Crippen molar-refractivity contribution in [3.63, 3.8) is 0 Å². The number of rotatable bonds is 6. The zero-order chi connectivity index (χ0) is 15.4. The number of benzene rings is 1. The van der Waals surface area contributed by atoms with Crippen LogP contribution in [0.2, 0.25) is 0 Å². The van der Waals surface area contributed by atoms with E-state index in [9.17, 15) is 0 Å². The minimum Gasteiger partial charge on any atom is -0.493 e. The molecule has 0 amide bonds. The molecular formula is C17H25N3O. The van der Waals surface area contributed by atoms with Gasteiger partial charge in [0.05, 0.1) is 6.61 Å². The molecule has 1 aromatic heterocycles. The Morgan fingerprint density at radius 3 is 2.57 bits per heavy atom. The molecule has 4 heteroatoms. The lowest BCUT2D eigenvalue weighted by Crippen LogP contribution is -2.09. The van der Waals surface area contributed by atoms with E-state index in [1.54, 1.807) is 0 Å². The molecule has 1 aromatic carbocycles. The quantitative estimate of drug-likeness (QED) is 0.871. The van der Waals surface area contributed by atoms with Crippen LogP contribution in [0.1, 0.15) is 46.0 Å². The maximum Gasteiger partial charge on any atom is 0.132 e. The summed E-state index contributed by atoms with van der Waals surface area (Å²) in [5.41, 5.74) is 8.17. The summed E-state index contributed by atoms with van der Waals surface area (Å²) in [5, 5.41) is 0. The van der Waals surface area contributed by atoms with Gasteiger partial charge in [0.2, 0.25) is 0 Å². The molecule has 0 unspecified atom stereocenters. The van der Waals surface area contributed by atoms with E-state index in [4.69, 9.17) is 15.5 Å². The first kappa shape index (κ1) is 15.4. The number of hydrogen-bond acceptors (Lipinski definition) is 3. The number of para-hydroxylation sites is 1. The Morgan fingerprint density at radius 1 is 1.24 bits per heavy atom. The van der Waals surface area contributed by atoms with Gasteiger partial charge in [-0.1, -0.05) is 19.1 Å². The molecule has 2 aromatic rings. The number of hydrogen-bond donors (Lipinski definition) is 1. The largest absolute Gasteiger partial charge is 0.493 e. The first-order chi connectivity index (χ1) is 10.1. The van der Waals surface area contributed by atoms with Crippen molar-refractivity contribution in [1.82, 2.24) is 9.55 Å². The van der Waals surface area contributed by atoms with E-state index in [-0.39, 0.29) is 0 Å². The third-order valence-corrected chi connectivity index (χ3v) is 3.45. The summed E-state index contributed by atoms with van der Waals surface area (Å²) >= 11 is 0. The molecule has 0 spiro atoms. The smallest absolute Gasteiger partial charge is 0.132 e. The number of nitrogens with two attached hydrogens (primary N) is 1. The highest BCUT2D eigenvalue weighted by atomic mass is 16.5. The fraction of sp³-hybridized carbons (Fsp3) is 0.471. The lowest BCUT2D eigenvalue weighted by atomic mass is 10.1. The maximum atomic E-state index is 6.38. The lowest BCUT2D eigenvalue weighted by molar-refractivity contribution is 0.341. The van der Waals surface area contributed by atoms with Gasteiger partial charge in [-0.25, -0.2) is 4.98 Å². The van der Waals surface area contributed by atoms with Gasteiger partial charge in [0.15, 0.2) is 0 Å². The van der Waals surface area contributed by atoms with E-state index in [1.165, 1.54) is 0 Å². The molecule has 1 heterocycles. The molecule has 0 atom stereocenters. The Kier molecular flexibility index (Phi) is 4.89. The Hall–Kier alpha value is -1.97. The molecular weight excluding hydrogens is 262 g/mol. The average molecular weight is 287 g/mol. The monoisotopic (exact) mass is 287 g/mol. The molecule has 0 aliphatic carbocycles. The molecule has 0 saturated heterocycles. The van der Waals surface area contributed by atoms with E-state index in [0.29, 0.717) is 12.6 Å². The van der Waals surface area contributed by atoms with Crippen LogP contribution in [-0.4, -0.2) is 16.2 Å². The molecule has 0 fully saturated rings. The zero-order valence-corrected chi connectivity index (χ0v) is 13.4. The van der Waals surface area contributed by atoms with Crippen LogP contribution in [0.5, 0.6) is 5.75 Å². The summed E-state index contributed by atoms with van der Waals surface area (Å²) < 4.78 is 7.84. The number of anilines is 1. The van der Waals surface area contributed by atoms with E-state index >= 15 is 0 Å². The second-order valence-electron chi connectivity index (χ2n) is 5.40. The van der Waals surface area contributed by atoms with Crippen molar-refractivity contribution in [3.05, 3.63) is 30.1 Å². The fourth-order valence-corrected chi connectivity index (χ4v) is 2.61. The molecule has 0 saturated carbocycles. The third kappa shape index (κ3) is 3.04. The molecule has 2 N–H and O–H groups in total. The van der Waals surface area contributed by atoms with Crippen molar-refractivity contribution >= 4 is 5.82 Å². The zero-order valence-electron chi connectivity index (χ0n) is 13.4. The van der Waals surface area contributed by atoms with Crippen molar-refractivity contribution in [1.29, 1.82) is 0 Å². The highest BCUT2D eigenvalue weighted by Crippen LogP contribution is 2.35. The lowest BCUT2D eigenvalue weighted by Gasteiger charge is -2.13. The Balaban J connectivity index is 2.57. The van der Waals surface area contributed by atoms with Gasteiger partial charge in [-0.2, -0.15) is 0 Å². The molecule has 21 heavy (non-hydrogen) atoms. The van der Waals surface area contributed by atoms with Crippen LogP contribution >= 0.6 is 0 Å². The summed E-state index contributed by atoms with van der Waals surface area (Å²) in [6.45, 7) is 9.03. The minimum atomic E-state index is 0.298. The van der Waals surface area contributed by atoms with Gasteiger partial charge < -0.3 is 15.0 Å². The maximum absolute atomic E-state index is 6.38. The number of imidazole rings is 1. The van der Waals surface area contributed by atoms with Crippen molar-refractivity contribution in [2.45, 2.75) is 46.6 Å². The van der Waals surface area contributed by atoms with Gasteiger partial charge in [0, 0.05) is 18.0 Å². The fourth-order valence-electron chi connectivity index (χ4n) is 2.61. The van der Waals surface area contributed by atoms with Crippen LogP contribution in [0, 0.1) is 0 Å². The second kappa shape index (κ2) is 6.66. The van der Waals surface area contributed by atoms with Crippen LogP contribution in [0.3, 0.4) is 0 Å². The van der Waals surface area contributed by atoms with E-state index in [0.717, 1.165) is 41.5 Å². The first-order valence-electron chi connectivity index (χ1n) is 7.68. The molecule has 2 rings (SSSR count). The third-order valence-electron chi connectivity index (χ3n) is 3.45. The highest BCUT2D eigenvalue weighted by molar-refractivity contribution is 5.76. The summed E-state index contributed by atoms with van der Waals surface area (Å²) in [6, 6.07) is 8.24. The highest BCUT2D eigenvalue weighted by Gasteiger charge is 2.19. The second-order valence-corrected chi connectivity index (χ2v) is 5.40. The van der Waals surface area contributed by atoms with E-state index < -0.39 is 0 Å². The standard InChI is InChI=1S/C17H25N3O/c1-5-9-15-19-16(17(18)20(15)12(3)4)13-10-7-8-11-14(13)21-6-2/h7-8,10-12H,5-6,9,18H2,1-4H3. The van der Waals surface area contributed by atoms with Gasteiger partial charge in [-0.3, -0.25) is 0 Å². The van der Waals surface area contributed by atoms with E-state index in [1.807, 2.05) is 31.2 Å². The molecule has 0 aliphatic heterocycles. The van der Waals surface area contributed by atoms with Crippen LogP contribution in [0.25, 0.3) is 11.3 Å². The van der Waals surface area contributed by atoms with Gasteiger partial charge >= 0.3 is 0 Å². The number of aromatic nitrogens is 2. The van der Waals surface area contributed by atoms with Crippen LogP contribution in [0.15, 0.2) is 24.3 Å². The Morgan fingerprint density at radius 2 is 1.95 bits per heavy atom. The van der Waals surface area contributed by atoms with E-state index in [2.05, 4.69) is 25.3 Å². The Labute approximate surface area is 127 Å². The summed E-state index contributed by atoms with van der Waals surface area (Å²) in [5.74, 6) is 2.61. The van der Waals surface area contributed by atoms with Crippen LogP contribution in [-0.2, 0) is 6.42 Å². The SMILES string of the molecule is CCCc1nc(-c2ccccc2OCC)c(N)n1C(C)C. The molecule has 4 nitrogen and oxygen atoms in total. The van der Waals surface area contributed by atoms with Gasteiger partial charge in [0.1, 0.15) is 23.1 Å². The average Bonchev–Trinajstić information content (AvgIpc) is 2.77. The number of nitrogen functional groups attached to an aromatic ring is 1. The number of nitrogens with zero attached hydrogens (tertiary/aromatic N) is 2. The predicted octanol–water partition coefficient (Wildman–Crippen LogP) is 4.06. The molecule has 0 radical (unpaired) electrons. The van der Waals surface area contributed by atoms with Crippen molar-refractivity contribution < 1.29 is 4.74 Å². The van der Waals surface area contributed by atoms with Crippen molar-refractivity contribution in [3.8, 4) is 17.0 Å². The topological polar surface area (TPSA) is 53.1 Å². The normalized spacial score (nSPS) is 11.1. The van der Waals surface area contributed by atoms with Gasteiger partial charge in [-0.15, -0.1) is 0 Å². The van der Waals surface area contributed by atoms with Gasteiger partial charge in [-0.05, 0) is 39.3 Å². The summed E-state index contributed by atoms with van der Waals surface area (Å²) in [6.07, 6.45) is 1.98. The van der Waals surface area contributed by atoms with Gasteiger partial charge in [0.25, 0.3) is 0 Å². The summed E-state index contributed by atoms with van der Waals surface area (Å²) in [4.78, 5) is 4.79. The van der Waals surface area contributed by atoms with Crippen molar-refractivity contribution in [2.24, 2.45) is 0 Å². The Bertz CT molecular complexity index is 602. The number of aryl methyl sites for hydroxylation is 1. The molecule has 0 aliphatic rings. The van der Waals surface area contributed by atoms with Crippen LogP contribution < -0.4 is 10.5 Å². The summed E-state index contributed by atoms with van der Waals surface area (Å²) in [7, 11) is 0. The molecule has 0 bridgehead atoms.